The zero-order valence-electron chi connectivity index (χ0n) is 13.5. The van der Waals surface area contributed by atoms with Gasteiger partial charge in [0.1, 0.15) is 5.78 Å². The van der Waals surface area contributed by atoms with E-state index in [1.807, 2.05) is 29.2 Å². The van der Waals surface area contributed by atoms with Gasteiger partial charge in [0.05, 0.1) is 6.54 Å². The number of hydrogen-bond acceptors (Lipinski definition) is 6. The predicted octanol–water partition coefficient (Wildman–Crippen LogP) is 1.58. The molecule has 2 aliphatic rings. The number of aldehydes is 1. The molecule has 0 aromatic heterocycles. The third-order valence-electron chi connectivity index (χ3n) is 4.57. The number of ether oxygens (including phenoxy) is 2. The van der Waals surface area contributed by atoms with E-state index in [1.54, 1.807) is 14.0 Å². The molecule has 0 spiro atoms. The van der Waals surface area contributed by atoms with E-state index < -0.39 is 12.0 Å². The summed E-state index contributed by atoms with van der Waals surface area (Å²) in [4.78, 5) is 26.9. The number of hydrogen-bond donors (Lipinski definition) is 0. The minimum Gasteiger partial charge on any atom is -0.371 e. The Kier molecular flexibility index (Phi) is 4.37. The molecule has 0 saturated carbocycles. The Bertz CT molecular complexity index is 579. The maximum atomic E-state index is 11.5. The van der Waals surface area contributed by atoms with Crippen LogP contribution in [0.15, 0.2) is 24.3 Å². The lowest BCUT2D eigenvalue weighted by Crippen LogP contribution is -2.43. The fourth-order valence-corrected chi connectivity index (χ4v) is 3.13. The van der Waals surface area contributed by atoms with Gasteiger partial charge in [-0.3, -0.25) is 9.59 Å². The summed E-state index contributed by atoms with van der Waals surface area (Å²) in [5.41, 5.74) is 0.994. The Labute approximate surface area is 136 Å². The fourth-order valence-electron chi connectivity index (χ4n) is 3.13. The molecule has 3 rings (SSSR count). The molecule has 1 aromatic carbocycles. The third-order valence-corrected chi connectivity index (χ3v) is 4.57. The second-order valence-corrected chi connectivity index (χ2v) is 6.11. The molecule has 0 radical (unpaired) electrons. The summed E-state index contributed by atoms with van der Waals surface area (Å²) in [6, 6.07) is 8.01. The molecular weight excluding hydrogens is 296 g/mol. The molecule has 2 fully saturated rings. The number of benzene rings is 1. The zero-order valence-corrected chi connectivity index (χ0v) is 13.5. The first-order valence-electron chi connectivity index (χ1n) is 7.87. The molecule has 2 unspecified atom stereocenters. The smallest absolute Gasteiger partial charge is 0.198 e. The highest BCUT2D eigenvalue weighted by Gasteiger charge is 2.43. The van der Waals surface area contributed by atoms with E-state index in [2.05, 4.69) is 4.90 Å². The Morgan fingerprint density at radius 3 is 2.39 bits per heavy atom. The van der Waals surface area contributed by atoms with Crippen LogP contribution in [0.2, 0.25) is 0 Å². The van der Waals surface area contributed by atoms with E-state index in [1.165, 1.54) is 0 Å². The lowest BCUT2D eigenvalue weighted by Gasteiger charge is -2.31. The van der Waals surface area contributed by atoms with Crippen molar-refractivity contribution in [3.63, 3.8) is 0 Å². The lowest BCUT2D eigenvalue weighted by atomic mass is 10.1. The number of ketones is 1. The van der Waals surface area contributed by atoms with Gasteiger partial charge < -0.3 is 19.3 Å². The van der Waals surface area contributed by atoms with Crippen molar-refractivity contribution in [1.82, 2.24) is 0 Å². The Morgan fingerprint density at radius 2 is 1.83 bits per heavy atom. The van der Waals surface area contributed by atoms with Crippen LogP contribution in [-0.4, -0.2) is 50.8 Å². The predicted molar refractivity (Wildman–Crippen MR) is 86.6 cm³/mol. The topological polar surface area (TPSA) is 59.1 Å². The van der Waals surface area contributed by atoms with Crippen LogP contribution in [0, 0.1) is 0 Å². The number of Topliss-reactive ketones (excluding diaryl/α,β-unsaturated/α-hetero) is 1. The average molecular weight is 318 g/mol. The zero-order chi connectivity index (χ0) is 16.4. The maximum absolute atomic E-state index is 11.5. The van der Waals surface area contributed by atoms with Crippen molar-refractivity contribution < 1.29 is 19.1 Å². The number of anilines is 2. The summed E-state index contributed by atoms with van der Waals surface area (Å²) in [6.07, 6.45) is 1.61. The molecule has 124 valence electrons. The summed E-state index contributed by atoms with van der Waals surface area (Å²) in [5, 5.41) is 0. The van der Waals surface area contributed by atoms with E-state index in [0.29, 0.717) is 25.2 Å². The number of carbonyl (C=O) groups excluding carboxylic acids is 2. The highest BCUT2D eigenvalue weighted by Crippen LogP contribution is 2.33. The largest absolute Gasteiger partial charge is 0.371 e. The monoisotopic (exact) mass is 318 g/mol. The lowest BCUT2D eigenvalue weighted by molar-refractivity contribution is -0.155. The van der Waals surface area contributed by atoms with Gasteiger partial charge in [-0.1, -0.05) is 0 Å². The minimum atomic E-state index is -1.01. The second kappa shape index (κ2) is 6.29. The maximum Gasteiger partial charge on any atom is 0.198 e. The minimum absolute atomic E-state index is 0.333. The molecule has 2 aliphatic heterocycles. The first-order valence-corrected chi connectivity index (χ1v) is 7.87. The molecular formula is C17H22N2O4. The first-order chi connectivity index (χ1) is 11.1. The van der Waals surface area contributed by atoms with Gasteiger partial charge in [-0.25, -0.2) is 0 Å². The molecule has 23 heavy (non-hydrogen) atoms. The van der Waals surface area contributed by atoms with E-state index >= 15 is 0 Å². The van der Waals surface area contributed by atoms with E-state index in [0.717, 1.165) is 30.8 Å². The summed E-state index contributed by atoms with van der Waals surface area (Å²) < 4.78 is 10.9. The molecule has 2 saturated heterocycles. The quantitative estimate of drug-likeness (QED) is 0.786. The molecule has 0 bridgehead atoms. The van der Waals surface area contributed by atoms with Crippen LogP contribution in [0.5, 0.6) is 0 Å². The molecule has 6 heteroatoms. The molecule has 0 amide bonds. The first kappa shape index (κ1) is 16.0. The van der Waals surface area contributed by atoms with E-state index in [-0.39, 0.29) is 0 Å². The van der Waals surface area contributed by atoms with Gasteiger partial charge in [-0.2, -0.15) is 0 Å². The number of carbonyl (C=O) groups is 2. The molecule has 1 aromatic rings. The second-order valence-electron chi connectivity index (χ2n) is 6.11. The normalized spacial score (nSPS) is 28.3. The third kappa shape index (κ3) is 3.09. The van der Waals surface area contributed by atoms with Crippen LogP contribution in [-0.2, 0) is 19.1 Å². The van der Waals surface area contributed by atoms with Gasteiger partial charge >= 0.3 is 0 Å². The van der Waals surface area contributed by atoms with Crippen molar-refractivity contribution in [2.45, 2.75) is 31.8 Å². The van der Waals surface area contributed by atoms with E-state index in [4.69, 9.17) is 9.47 Å². The van der Waals surface area contributed by atoms with Crippen LogP contribution in [0.4, 0.5) is 11.4 Å². The van der Waals surface area contributed by atoms with Gasteiger partial charge in [0.25, 0.3) is 0 Å². The highest BCUT2D eigenvalue weighted by atomic mass is 16.7. The van der Waals surface area contributed by atoms with Crippen LogP contribution < -0.4 is 9.80 Å². The van der Waals surface area contributed by atoms with Crippen LogP contribution >= 0.6 is 0 Å². The van der Waals surface area contributed by atoms with Crippen molar-refractivity contribution in [3.8, 4) is 0 Å². The Hall–Kier alpha value is -1.92. The number of piperidine rings is 1. The Balaban J connectivity index is 1.76. The standard InChI is InChI=1S/C17H22N2O4/c1-17(12-20)19(11-16(22-2)23-17)14-5-3-13(4-6-14)18-9-7-15(21)8-10-18/h3-6,12,16H,7-11H2,1-2H3. The van der Waals surface area contributed by atoms with Crippen molar-refractivity contribution >= 4 is 23.4 Å². The average Bonchev–Trinajstić information content (AvgIpc) is 2.93. The number of rotatable bonds is 4. The summed E-state index contributed by atoms with van der Waals surface area (Å²) >= 11 is 0. The molecule has 0 N–H and O–H groups in total. The Morgan fingerprint density at radius 1 is 1.22 bits per heavy atom. The molecule has 0 aliphatic carbocycles. The van der Waals surface area contributed by atoms with E-state index in [9.17, 15) is 9.59 Å². The molecule has 2 atom stereocenters. The van der Waals surface area contributed by atoms with Crippen molar-refractivity contribution in [3.05, 3.63) is 24.3 Å². The van der Waals surface area contributed by atoms with Crippen LogP contribution in [0.3, 0.4) is 0 Å². The van der Waals surface area contributed by atoms with Crippen molar-refractivity contribution in [2.75, 3.05) is 36.5 Å². The highest BCUT2D eigenvalue weighted by molar-refractivity contribution is 5.81. The van der Waals surface area contributed by atoms with Crippen LogP contribution in [0.1, 0.15) is 19.8 Å². The van der Waals surface area contributed by atoms with Gasteiger partial charge in [0.2, 0.25) is 0 Å². The SMILES string of the molecule is COC1CN(c2ccc(N3CCC(=O)CC3)cc2)C(C)(C=O)O1. The molecule has 2 heterocycles. The number of nitrogens with zero attached hydrogens (tertiary/aromatic N) is 2. The van der Waals surface area contributed by atoms with Crippen molar-refractivity contribution in [1.29, 1.82) is 0 Å². The van der Waals surface area contributed by atoms with Crippen LogP contribution in [0.25, 0.3) is 0 Å². The van der Waals surface area contributed by atoms with Gasteiger partial charge in [0.15, 0.2) is 18.3 Å². The summed E-state index contributed by atoms with van der Waals surface area (Å²) in [5.74, 6) is 0.333. The summed E-state index contributed by atoms with van der Waals surface area (Å²) in [7, 11) is 1.57. The fraction of sp³-hybridized carbons (Fsp3) is 0.529. The molecule has 6 nitrogen and oxygen atoms in total. The summed E-state index contributed by atoms with van der Waals surface area (Å²) in [6.45, 7) is 3.78. The van der Waals surface area contributed by atoms with Gasteiger partial charge in [0, 0.05) is 44.4 Å². The van der Waals surface area contributed by atoms with Gasteiger partial charge in [-0.05, 0) is 31.2 Å². The van der Waals surface area contributed by atoms with Gasteiger partial charge in [-0.15, -0.1) is 0 Å². The van der Waals surface area contributed by atoms with Crippen molar-refractivity contribution in [2.24, 2.45) is 0 Å². The number of methoxy groups -OCH3 is 1.